The minimum absolute atomic E-state index is 0.0926. The second-order valence-electron chi connectivity index (χ2n) is 3.54. The Morgan fingerprint density at radius 1 is 1.56 bits per heavy atom. The molecule has 0 unspecified atom stereocenters. The van der Waals surface area contributed by atoms with Crippen molar-refractivity contribution in [1.29, 1.82) is 0 Å². The molecule has 0 radical (unpaired) electrons. The Bertz CT molecular complexity index is 542. The molecule has 6 nitrogen and oxygen atoms in total. The van der Waals surface area contributed by atoms with Crippen molar-refractivity contribution in [3.8, 4) is 0 Å². The highest BCUT2D eigenvalue weighted by Crippen LogP contribution is 2.28. The molecule has 1 heterocycles. The van der Waals surface area contributed by atoms with Gasteiger partial charge in [0, 0.05) is 31.3 Å². The number of thioether (sulfide) groups is 1. The zero-order chi connectivity index (χ0) is 13.0. The molecule has 0 amide bonds. The number of imidazole rings is 1. The Morgan fingerprint density at radius 3 is 3.00 bits per heavy atom. The summed E-state index contributed by atoms with van der Waals surface area (Å²) in [6, 6.07) is 5.17. The van der Waals surface area contributed by atoms with Gasteiger partial charge in [0.1, 0.15) is 5.69 Å². The van der Waals surface area contributed by atoms with Gasteiger partial charge in [0.25, 0.3) is 5.69 Å². The predicted octanol–water partition coefficient (Wildman–Crippen LogP) is 2.65. The van der Waals surface area contributed by atoms with Gasteiger partial charge in [-0.2, -0.15) is 0 Å². The van der Waals surface area contributed by atoms with Crippen LogP contribution in [0.15, 0.2) is 35.7 Å². The summed E-state index contributed by atoms with van der Waals surface area (Å²) >= 11 is 1.50. The Balaban J connectivity index is 2.14. The van der Waals surface area contributed by atoms with Crippen LogP contribution in [0.3, 0.4) is 0 Å². The molecule has 0 bridgehead atoms. The number of anilines is 1. The number of hydrogen-bond donors (Lipinski definition) is 2. The number of rotatable bonds is 5. The first-order valence-corrected chi connectivity index (χ1v) is 6.26. The maximum Gasteiger partial charge on any atom is 0.292 e. The summed E-state index contributed by atoms with van der Waals surface area (Å²) in [5, 5.41) is 14.5. The van der Waals surface area contributed by atoms with Gasteiger partial charge >= 0.3 is 0 Å². The molecule has 1 aromatic heterocycles. The number of benzene rings is 1. The van der Waals surface area contributed by atoms with Crippen molar-refractivity contribution < 1.29 is 4.92 Å². The van der Waals surface area contributed by atoms with E-state index in [1.807, 2.05) is 6.07 Å². The third-order valence-corrected chi connectivity index (χ3v) is 3.35. The van der Waals surface area contributed by atoms with Crippen molar-refractivity contribution in [3.05, 3.63) is 46.3 Å². The fourth-order valence-electron chi connectivity index (χ4n) is 1.51. The first kappa shape index (κ1) is 12.4. The highest BCUT2D eigenvalue weighted by atomic mass is 32.2. The summed E-state index contributed by atoms with van der Waals surface area (Å²) in [5.74, 6) is 0.637. The van der Waals surface area contributed by atoms with Crippen LogP contribution in [0.2, 0.25) is 0 Å². The van der Waals surface area contributed by atoms with E-state index < -0.39 is 0 Å². The number of hydrogen-bond acceptors (Lipinski definition) is 5. The molecule has 2 N–H and O–H groups in total. The van der Waals surface area contributed by atoms with Crippen LogP contribution in [0, 0.1) is 10.1 Å². The van der Waals surface area contributed by atoms with E-state index in [9.17, 15) is 10.1 Å². The average molecular weight is 264 g/mol. The molecule has 0 spiro atoms. The summed E-state index contributed by atoms with van der Waals surface area (Å²) in [4.78, 5) is 17.6. The van der Waals surface area contributed by atoms with Crippen LogP contribution in [-0.4, -0.2) is 21.9 Å². The summed E-state index contributed by atoms with van der Waals surface area (Å²) < 4.78 is 0. The molecule has 18 heavy (non-hydrogen) atoms. The van der Waals surface area contributed by atoms with E-state index in [4.69, 9.17) is 0 Å². The molecule has 2 aromatic rings. The molecule has 7 heteroatoms. The lowest BCUT2D eigenvalue weighted by Crippen LogP contribution is -1.97. The molecule has 2 rings (SSSR count). The van der Waals surface area contributed by atoms with Crippen molar-refractivity contribution in [1.82, 2.24) is 9.97 Å². The number of nitrogens with one attached hydrogen (secondary N) is 2. The lowest BCUT2D eigenvalue weighted by Gasteiger charge is -2.04. The molecule has 0 aliphatic heterocycles. The van der Waals surface area contributed by atoms with Gasteiger partial charge in [-0.25, -0.2) is 4.98 Å². The first-order chi connectivity index (χ1) is 8.70. The number of H-pyrrole nitrogens is 1. The molecular formula is C11H12N4O2S. The van der Waals surface area contributed by atoms with Crippen LogP contribution < -0.4 is 5.32 Å². The third kappa shape index (κ3) is 2.80. The fourth-order valence-corrected chi connectivity index (χ4v) is 2.28. The maximum atomic E-state index is 10.9. The lowest BCUT2D eigenvalue weighted by molar-refractivity contribution is -0.384. The topological polar surface area (TPSA) is 83.8 Å². The molecule has 0 saturated heterocycles. The number of aromatic amines is 1. The fraction of sp³-hybridized carbons (Fsp3) is 0.182. The van der Waals surface area contributed by atoms with Gasteiger partial charge < -0.3 is 10.3 Å². The van der Waals surface area contributed by atoms with Crippen LogP contribution in [0.5, 0.6) is 0 Å². The van der Waals surface area contributed by atoms with E-state index in [1.54, 1.807) is 31.6 Å². The van der Waals surface area contributed by atoms with Crippen molar-refractivity contribution >= 4 is 23.1 Å². The Kier molecular flexibility index (Phi) is 3.83. The van der Waals surface area contributed by atoms with Gasteiger partial charge in [-0.3, -0.25) is 10.1 Å². The van der Waals surface area contributed by atoms with Crippen LogP contribution in [0.1, 0.15) is 5.56 Å². The summed E-state index contributed by atoms with van der Waals surface area (Å²) in [7, 11) is 1.67. The highest BCUT2D eigenvalue weighted by molar-refractivity contribution is 7.98. The highest BCUT2D eigenvalue weighted by Gasteiger charge is 2.13. The van der Waals surface area contributed by atoms with Gasteiger partial charge in [-0.15, -0.1) is 0 Å². The minimum Gasteiger partial charge on any atom is -0.383 e. The Hall–Kier alpha value is -2.02. The number of aromatic nitrogens is 2. The molecule has 0 atom stereocenters. The summed E-state index contributed by atoms with van der Waals surface area (Å²) in [5.41, 5.74) is 1.50. The largest absolute Gasteiger partial charge is 0.383 e. The van der Waals surface area contributed by atoms with Gasteiger partial charge in [-0.1, -0.05) is 17.8 Å². The van der Waals surface area contributed by atoms with Gasteiger partial charge in [0.15, 0.2) is 5.16 Å². The molecule has 0 fully saturated rings. The second-order valence-corrected chi connectivity index (χ2v) is 4.51. The Morgan fingerprint density at radius 2 is 2.39 bits per heavy atom. The van der Waals surface area contributed by atoms with E-state index in [0.29, 0.717) is 11.4 Å². The van der Waals surface area contributed by atoms with E-state index in [0.717, 1.165) is 10.7 Å². The number of nitro groups is 1. The van der Waals surface area contributed by atoms with E-state index in [1.165, 1.54) is 11.8 Å². The third-order valence-electron chi connectivity index (χ3n) is 2.38. The quantitative estimate of drug-likeness (QED) is 0.492. The zero-order valence-corrected chi connectivity index (χ0v) is 10.5. The number of nitrogens with zero attached hydrogens (tertiary/aromatic N) is 2. The van der Waals surface area contributed by atoms with E-state index in [-0.39, 0.29) is 10.6 Å². The molecule has 94 valence electrons. The van der Waals surface area contributed by atoms with Crippen LogP contribution in [0.25, 0.3) is 0 Å². The molecular weight excluding hydrogens is 252 g/mol. The van der Waals surface area contributed by atoms with Crippen molar-refractivity contribution in [2.75, 3.05) is 12.4 Å². The molecule has 0 aliphatic carbocycles. The maximum absolute atomic E-state index is 10.9. The first-order valence-electron chi connectivity index (χ1n) is 5.28. The SMILES string of the molecule is CNc1ccc(CSc2ncc[nH]2)cc1[N+](=O)[O-]. The standard InChI is InChI=1S/C11H12N4O2S/c1-12-9-3-2-8(6-10(9)15(16)17)7-18-11-13-4-5-14-11/h2-6,12H,7H2,1H3,(H,13,14). The molecule has 0 aliphatic rings. The summed E-state index contributed by atoms with van der Waals surface area (Å²) in [6.07, 6.45) is 3.42. The Labute approximate surface area is 108 Å². The minimum atomic E-state index is -0.382. The zero-order valence-electron chi connectivity index (χ0n) is 9.71. The lowest BCUT2D eigenvalue weighted by atomic mass is 10.2. The van der Waals surface area contributed by atoms with Gasteiger partial charge in [0.2, 0.25) is 0 Å². The van der Waals surface area contributed by atoms with Gasteiger partial charge in [-0.05, 0) is 11.6 Å². The summed E-state index contributed by atoms with van der Waals surface area (Å²) in [6.45, 7) is 0. The van der Waals surface area contributed by atoms with Crippen molar-refractivity contribution in [2.24, 2.45) is 0 Å². The smallest absolute Gasteiger partial charge is 0.292 e. The van der Waals surface area contributed by atoms with Crippen molar-refractivity contribution in [3.63, 3.8) is 0 Å². The predicted molar refractivity (Wildman–Crippen MR) is 70.8 cm³/mol. The van der Waals surface area contributed by atoms with Crippen LogP contribution in [0.4, 0.5) is 11.4 Å². The van der Waals surface area contributed by atoms with Crippen LogP contribution in [-0.2, 0) is 5.75 Å². The monoisotopic (exact) mass is 264 g/mol. The van der Waals surface area contributed by atoms with E-state index in [2.05, 4.69) is 15.3 Å². The average Bonchev–Trinajstić information content (AvgIpc) is 2.89. The van der Waals surface area contributed by atoms with Crippen molar-refractivity contribution in [2.45, 2.75) is 10.9 Å². The van der Waals surface area contributed by atoms with E-state index >= 15 is 0 Å². The van der Waals surface area contributed by atoms with Gasteiger partial charge in [0.05, 0.1) is 4.92 Å². The molecule has 1 aromatic carbocycles. The normalized spacial score (nSPS) is 10.3. The second kappa shape index (κ2) is 5.54. The van der Waals surface area contributed by atoms with Crippen LogP contribution >= 0.6 is 11.8 Å². The number of nitro benzene ring substituents is 1. The molecule has 0 saturated carbocycles.